The number of likely N-dealkylation sites (tertiary alicyclic amines) is 2. The number of imidazole rings is 2. The van der Waals surface area contributed by atoms with E-state index in [-0.39, 0.29) is 30.0 Å². The highest BCUT2D eigenvalue weighted by molar-refractivity contribution is 5.83. The smallest absolute Gasteiger partial charge is 0.252 e. The van der Waals surface area contributed by atoms with E-state index in [1.165, 1.54) is 0 Å². The van der Waals surface area contributed by atoms with Crippen LogP contribution in [0.2, 0.25) is 0 Å². The second-order valence-corrected chi connectivity index (χ2v) is 12.6. The average molecular weight is 613 g/mol. The third kappa shape index (κ3) is 5.54. The number of benzene rings is 3. The first-order chi connectivity index (χ1) is 22.6. The highest BCUT2D eigenvalue weighted by Crippen LogP contribution is 2.34. The number of hydrogen-bond acceptors (Lipinski definition) is 5. The zero-order valence-electron chi connectivity index (χ0n) is 25.7. The number of hydrogen-bond donors (Lipinski definition) is 2. The molecule has 0 bridgehead atoms. The van der Waals surface area contributed by atoms with Crippen LogP contribution in [0.15, 0.2) is 66.7 Å². The van der Waals surface area contributed by atoms with E-state index < -0.39 is 0 Å². The third-order valence-corrected chi connectivity index (χ3v) is 9.50. The highest BCUT2D eigenvalue weighted by Gasteiger charge is 2.37. The zero-order chi connectivity index (χ0) is 31.0. The Morgan fingerprint density at radius 3 is 1.98 bits per heavy atom. The molecule has 3 aliphatic rings. The average Bonchev–Trinajstić information content (AvgIpc) is 3.92. The van der Waals surface area contributed by atoms with Crippen LogP contribution in [0.25, 0.3) is 22.1 Å². The Morgan fingerprint density at radius 1 is 0.761 bits per heavy atom. The number of nitrogens with one attached hydrogen (secondary N) is 2. The lowest BCUT2D eigenvalue weighted by atomic mass is 10.1. The summed E-state index contributed by atoms with van der Waals surface area (Å²) >= 11 is 0. The monoisotopic (exact) mass is 612 g/mol. The van der Waals surface area contributed by atoms with Crippen LogP contribution in [-0.4, -0.2) is 67.4 Å². The first kappa shape index (κ1) is 28.5. The fourth-order valence-electron chi connectivity index (χ4n) is 7.17. The summed E-state index contributed by atoms with van der Waals surface area (Å²) < 4.78 is 5.67. The topological polar surface area (TPSA) is 107 Å². The van der Waals surface area contributed by atoms with Gasteiger partial charge in [-0.2, -0.15) is 0 Å². The van der Waals surface area contributed by atoms with Gasteiger partial charge in [0.15, 0.2) is 0 Å². The summed E-state index contributed by atoms with van der Waals surface area (Å²) in [4.78, 5) is 46.8. The maximum Gasteiger partial charge on any atom is 0.252 e. The summed E-state index contributed by atoms with van der Waals surface area (Å²) in [5.41, 5.74) is 6.35. The van der Waals surface area contributed by atoms with Crippen molar-refractivity contribution in [3.05, 3.63) is 95.1 Å². The molecule has 1 unspecified atom stereocenters. The van der Waals surface area contributed by atoms with Gasteiger partial charge in [-0.25, -0.2) is 9.97 Å². The van der Waals surface area contributed by atoms with Gasteiger partial charge in [-0.3, -0.25) is 9.59 Å². The van der Waals surface area contributed by atoms with E-state index in [1.54, 1.807) is 0 Å². The van der Waals surface area contributed by atoms with Gasteiger partial charge in [0.2, 0.25) is 5.91 Å². The van der Waals surface area contributed by atoms with Crippen LogP contribution in [-0.2, 0) is 20.7 Å². The molecule has 3 aromatic carbocycles. The number of H-pyrrole nitrogens is 2. The molecule has 3 atom stereocenters. The van der Waals surface area contributed by atoms with E-state index in [9.17, 15) is 9.59 Å². The molecular formula is C37H36N6O3. The molecule has 5 heterocycles. The maximum atomic E-state index is 13.2. The molecule has 8 rings (SSSR count). The predicted molar refractivity (Wildman–Crippen MR) is 175 cm³/mol. The minimum Gasteiger partial charge on any atom is -0.368 e. The second-order valence-electron chi connectivity index (χ2n) is 12.6. The summed E-state index contributed by atoms with van der Waals surface area (Å²) in [6.07, 6.45) is 5.55. The van der Waals surface area contributed by atoms with Crippen LogP contribution in [0.3, 0.4) is 0 Å². The Bertz CT molecular complexity index is 1980. The van der Waals surface area contributed by atoms with Crippen molar-refractivity contribution in [2.24, 2.45) is 0 Å². The van der Waals surface area contributed by atoms with Crippen molar-refractivity contribution >= 4 is 33.9 Å². The van der Waals surface area contributed by atoms with Crippen molar-refractivity contribution in [1.29, 1.82) is 0 Å². The molecule has 232 valence electrons. The molecule has 0 aliphatic carbocycles. The molecule has 9 nitrogen and oxygen atoms in total. The minimum atomic E-state index is -0.314. The van der Waals surface area contributed by atoms with Crippen LogP contribution >= 0.6 is 0 Å². The Kier molecular flexibility index (Phi) is 7.51. The summed E-state index contributed by atoms with van der Waals surface area (Å²) in [6.45, 7) is 2.15. The predicted octanol–water partition coefficient (Wildman–Crippen LogP) is 5.59. The molecule has 9 heteroatoms. The molecule has 0 saturated carbocycles. The minimum absolute atomic E-state index is 0.0466. The fourth-order valence-corrected chi connectivity index (χ4v) is 7.17. The maximum absolute atomic E-state index is 13.2. The van der Waals surface area contributed by atoms with Crippen molar-refractivity contribution in [3.8, 4) is 11.8 Å². The number of rotatable bonds is 5. The van der Waals surface area contributed by atoms with Crippen molar-refractivity contribution in [3.63, 3.8) is 0 Å². The Labute approximate surface area is 267 Å². The first-order valence-corrected chi connectivity index (χ1v) is 16.4. The van der Waals surface area contributed by atoms with Gasteiger partial charge in [0.1, 0.15) is 17.8 Å². The van der Waals surface area contributed by atoms with Gasteiger partial charge in [0.25, 0.3) is 5.91 Å². The molecule has 2 N–H and O–H groups in total. The molecule has 46 heavy (non-hydrogen) atoms. The van der Waals surface area contributed by atoms with Crippen LogP contribution < -0.4 is 0 Å². The number of carbonyl (C=O) groups is 2. The lowest BCUT2D eigenvalue weighted by Gasteiger charge is -2.25. The van der Waals surface area contributed by atoms with Crippen molar-refractivity contribution in [2.75, 3.05) is 19.7 Å². The van der Waals surface area contributed by atoms with Gasteiger partial charge < -0.3 is 24.5 Å². The normalized spacial score (nSPS) is 21.3. The van der Waals surface area contributed by atoms with Gasteiger partial charge >= 0.3 is 0 Å². The number of nitrogens with zero attached hydrogens (tertiary/aromatic N) is 4. The quantitative estimate of drug-likeness (QED) is 0.252. The van der Waals surface area contributed by atoms with Crippen molar-refractivity contribution in [2.45, 2.75) is 63.1 Å². The number of aromatic amines is 2. The Hall–Kier alpha value is -4.94. The number of ether oxygens (including phenoxy) is 1. The third-order valence-electron chi connectivity index (χ3n) is 9.50. The summed E-state index contributed by atoms with van der Waals surface area (Å²) in [6, 6.07) is 21.8. The van der Waals surface area contributed by atoms with Crippen LogP contribution in [0.4, 0.5) is 0 Å². The van der Waals surface area contributed by atoms with Gasteiger partial charge in [0.05, 0.1) is 40.6 Å². The number of carbonyl (C=O) groups excluding carboxylic acids is 2. The molecular weight excluding hydrogens is 576 g/mol. The molecule has 0 spiro atoms. The molecule has 3 saturated heterocycles. The molecule has 2 amide bonds. The van der Waals surface area contributed by atoms with Gasteiger partial charge in [-0.15, -0.1) is 0 Å². The highest BCUT2D eigenvalue weighted by atomic mass is 16.5. The number of fused-ring (bicyclic) bond motifs is 2. The molecule has 3 aliphatic heterocycles. The molecule has 3 fully saturated rings. The summed E-state index contributed by atoms with van der Waals surface area (Å²) in [5.74, 6) is 8.48. The number of aromatic nitrogens is 4. The van der Waals surface area contributed by atoms with Crippen molar-refractivity contribution < 1.29 is 14.3 Å². The molecule has 0 radical (unpaired) electrons. The second kappa shape index (κ2) is 12.1. The fraction of sp³-hybridized carbons (Fsp3) is 0.351. The largest absolute Gasteiger partial charge is 0.368 e. The first-order valence-electron chi connectivity index (χ1n) is 16.4. The summed E-state index contributed by atoms with van der Waals surface area (Å²) in [7, 11) is 0. The van der Waals surface area contributed by atoms with E-state index in [0.29, 0.717) is 13.0 Å². The Balaban J connectivity index is 0.982. The van der Waals surface area contributed by atoms with E-state index in [2.05, 4.69) is 21.8 Å². The van der Waals surface area contributed by atoms with E-state index in [0.717, 1.165) is 102 Å². The van der Waals surface area contributed by atoms with Crippen LogP contribution in [0, 0.1) is 11.8 Å². The van der Waals surface area contributed by atoms with Crippen molar-refractivity contribution in [1.82, 2.24) is 29.7 Å². The number of amides is 2. The summed E-state index contributed by atoms with van der Waals surface area (Å²) in [5, 5.41) is 0. The van der Waals surface area contributed by atoms with E-state index in [4.69, 9.17) is 14.7 Å². The molecule has 5 aromatic rings. The standard InChI is InChI=1S/C37H36N6O3/c44-34(23-24-7-2-1-3-8-24)42-18-4-9-31(42)35-38-27-16-14-25(21-29(27)40-35)12-13-26-15-17-28-30(22-26)41-36(39-28)32-10-5-19-43(32)37(45)33-11-6-20-46-33/h1-3,7-8,14-17,21-22,31-33H,4-6,9-11,18-20,23H2,(H,38,40)(H,39,41)/t31-,32?,33-/m0/s1. The van der Waals surface area contributed by atoms with E-state index in [1.807, 2.05) is 76.5 Å². The molecule has 2 aromatic heterocycles. The van der Waals surface area contributed by atoms with Gasteiger partial charge in [-0.05, 0) is 80.5 Å². The zero-order valence-corrected chi connectivity index (χ0v) is 25.7. The van der Waals surface area contributed by atoms with E-state index >= 15 is 0 Å². The van der Waals surface area contributed by atoms with Gasteiger partial charge in [-0.1, -0.05) is 42.2 Å². The van der Waals surface area contributed by atoms with Crippen LogP contribution in [0.5, 0.6) is 0 Å². The van der Waals surface area contributed by atoms with Crippen LogP contribution in [0.1, 0.15) is 78.9 Å². The SMILES string of the molecule is O=C([C@@H]1CCCO1)N1CCCC1c1nc2ccc(C#Cc3ccc4nc([C@@H]5CCCN5C(=O)Cc5ccccc5)[nH]c4c3)cc2[nH]1. The lowest BCUT2D eigenvalue weighted by Crippen LogP contribution is -2.38. The lowest BCUT2D eigenvalue weighted by molar-refractivity contribution is -0.142. The van der Waals surface area contributed by atoms with Gasteiger partial charge in [0, 0.05) is 30.8 Å². The Morgan fingerprint density at radius 2 is 1.37 bits per heavy atom.